The number of aromatic hydroxyl groups is 1. The van der Waals surface area contributed by atoms with Crippen molar-refractivity contribution in [2.45, 2.75) is 133 Å². The Labute approximate surface area is 576 Å². The number of carboxylic acids is 5. The van der Waals surface area contributed by atoms with E-state index < -0.39 is 170 Å². The van der Waals surface area contributed by atoms with E-state index in [0.29, 0.717) is 11.4 Å². The van der Waals surface area contributed by atoms with Gasteiger partial charge in [-0.3, -0.25) is 62.3 Å². The predicted octanol–water partition coefficient (Wildman–Crippen LogP) is 1.19. The highest BCUT2D eigenvalue weighted by Gasteiger charge is 2.36. The first-order valence-corrected chi connectivity index (χ1v) is 30.9. The molecule has 5 rings (SSSR count). The highest BCUT2D eigenvalue weighted by atomic mass is 16.4. The molecule has 0 spiro atoms. The Morgan fingerprint density at radius 2 is 0.892 bits per heavy atom. The Bertz CT molecular complexity index is 4020. The average Bonchev–Trinajstić information content (AvgIpc) is 0.815. The zero-order valence-corrected chi connectivity index (χ0v) is 54.1. The smallest absolute Gasteiger partial charge is 0.326 e. The van der Waals surface area contributed by atoms with Crippen LogP contribution in [-0.2, 0) is 59.3 Å². The van der Waals surface area contributed by atoms with Crippen LogP contribution < -0.4 is 58.9 Å². The number of rotatable bonds is 42. The Kier molecular flexibility index (Phi) is 31.0. The molecule has 540 valence electrons. The lowest BCUT2D eigenvalue weighted by Crippen LogP contribution is -2.60. The third kappa shape index (κ3) is 26.9. The van der Waals surface area contributed by atoms with Gasteiger partial charge >= 0.3 is 29.8 Å². The van der Waals surface area contributed by atoms with Gasteiger partial charge in [0.25, 0.3) is 17.7 Å². The molecular formula is C61H71N21O20. The first-order chi connectivity index (χ1) is 48.5. The van der Waals surface area contributed by atoms with Crippen molar-refractivity contribution < 1.29 is 97.8 Å². The maximum atomic E-state index is 14.3. The van der Waals surface area contributed by atoms with Crippen molar-refractivity contribution in [2.24, 2.45) is 10.2 Å². The Morgan fingerprint density at radius 3 is 1.33 bits per heavy atom. The Morgan fingerprint density at radius 1 is 0.490 bits per heavy atom. The van der Waals surface area contributed by atoms with Crippen LogP contribution in [0.25, 0.3) is 32.0 Å². The Hall–Kier alpha value is -13.3. The summed E-state index contributed by atoms with van der Waals surface area (Å²) in [6.45, 7) is 1.59. The number of aliphatic carboxylic acids is 5. The normalized spacial score (nSPS) is 12.7. The first-order valence-electron chi connectivity index (χ1n) is 30.9. The molecule has 0 bridgehead atoms. The maximum Gasteiger partial charge on any atom is 0.326 e. The molecule has 0 aliphatic rings. The molecule has 0 saturated heterocycles. The van der Waals surface area contributed by atoms with E-state index in [1.807, 2.05) is 5.32 Å². The lowest BCUT2D eigenvalue weighted by atomic mass is 10.0. The van der Waals surface area contributed by atoms with Crippen LogP contribution >= 0.6 is 0 Å². The van der Waals surface area contributed by atoms with Crippen LogP contribution in [0.1, 0.15) is 121 Å². The van der Waals surface area contributed by atoms with E-state index in [9.17, 15) is 97.8 Å². The van der Waals surface area contributed by atoms with E-state index in [1.54, 1.807) is 19.1 Å². The molecule has 5 aromatic rings. The number of nitrogens with two attached hydrogens (primary N) is 1. The summed E-state index contributed by atoms with van der Waals surface area (Å²) in [5.74, 6) is -18.9. The molecule has 102 heavy (non-hydrogen) atoms. The molecule has 41 heteroatoms. The van der Waals surface area contributed by atoms with E-state index in [-0.39, 0.29) is 103 Å². The van der Waals surface area contributed by atoms with Crippen LogP contribution in [0.2, 0.25) is 0 Å². The van der Waals surface area contributed by atoms with Crippen molar-refractivity contribution in [1.29, 1.82) is 0 Å². The number of nitrogens with zero attached hydrogens (tertiary/aromatic N) is 10. The van der Waals surface area contributed by atoms with Crippen molar-refractivity contribution >= 4 is 117 Å². The number of unbranched alkanes of at least 4 members (excludes halogenated alkanes) is 2. The summed E-state index contributed by atoms with van der Waals surface area (Å²) in [6, 6.07) is 4.30. The summed E-state index contributed by atoms with van der Waals surface area (Å²) in [7, 11) is 0. The van der Waals surface area contributed by atoms with Crippen LogP contribution in [0.5, 0.6) is 5.88 Å². The van der Waals surface area contributed by atoms with Gasteiger partial charge in [-0.15, -0.1) is 0 Å². The SMILES string of the molecule is C[C@H](CCC(=O)NC(CC(=O)O)C(=O)N[C@H](CC(=O)O)C(=O)N[C@@H](CCCCNC(=O)c1ccc(N=[N+]=[N-])cc1)C(=O)N[C@@H](CC(=O)O)C(=O)N[C@@H](CC(=O)O)C(=O)N[C@@H](CCCCNC(=O)c1ccc(N=[N+]=[N-])cc1)C(=O)O)NC(=O)c1ccc(NCc2cnc3nc(N)nc(O)c3n2)cc1. The number of azide groups is 2. The second kappa shape index (κ2) is 39.8. The fourth-order valence-corrected chi connectivity index (χ4v) is 9.40. The number of nitrogen functional groups attached to an aromatic ring is 1. The number of aromatic nitrogens is 4. The summed E-state index contributed by atoms with van der Waals surface area (Å²) < 4.78 is 0. The lowest BCUT2D eigenvalue weighted by molar-refractivity contribution is -0.145. The molecule has 9 amide bonds. The molecule has 18 N–H and O–H groups in total. The van der Waals surface area contributed by atoms with E-state index in [2.05, 4.69) is 87.8 Å². The number of carbonyl (C=O) groups is 14. The number of hydrogen-bond acceptors (Lipinski definition) is 23. The molecule has 7 atom stereocenters. The summed E-state index contributed by atoms with van der Waals surface area (Å²) in [6.07, 6.45) is -4.70. The monoisotopic (exact) mass is 1420 g/mol. The van der Waals surface area contributed by atoms with Crippen LogP contribution in [0, 0.1) is 0 Å². The summed E-state index contributed by atoms with van der Waals surface area (Å²) in [5, 5.41) is 89.8. The molecule has 0 aliphatic carbocycles. The van der Waals surface area contributed by atoms with Gasteiger partial charge in [-0.1, -0.05) is 34.5 Å². The standard InChI is InChI=1S/C61H71N21O20/c1-30(69-53(94)33-9-15-34(16-10-33)67-28-37-29-68-50-49(70-37)59(100)78-61(62)77-50)8-21-44(83)71-40(24-45(84)85)55(96)75-41(25-46(86)87)56(97)72-38(6-2-4-22-65-51(92)31-11-17-35(18-12-31)79-81-63)54(95)74-43(27-48(90)91)58(99)76-42(26-47(88)89)57(98)73-39(60(101)102)7-3-5-23-66-52(93)32-13-19-36(20-14-32)80-82-64/h9-20,29-30,38-43,67H,2-8,21-28H2,1H3,(H,65,92)(H,66,93)(H,69,94)(H,71,83)(H,72,97)(H,73,98)(H,74,95)(H,75,96)(H,76,99)(H,84,85)(H,86,87)(H,88,89)(H,90,91)(H,101,102)(H3,62,68,77,78,100)/t30-,38+,39+,40?,41-,42+,43+/m1/s1. The molecule has 0 saturated carbocycles. The van der Waals surface area contributed by atoms with Gasteiger partial charge in [0, 0.05) is 69.1 Å². The molecule has 1 unspecified atom stereocenters. The van der Waals surface area contributed by atoms with E-state index in [4.69, 9.17) is 16.8 Å². The van der Waals surface area contributed by atoms with Gasteiger partial charge in [0.1, 0.15) is 36.3 Å². The molecule has 3 aromatic carbocycles. The molecule has 2 heterocycles. The van der Waals surface area contributed by atoms with Crippen LogP contribution in [-0.4, -0.2) is 189 Å². The van der Waals surface area contributed by atoms with Gasteiger partial charge in [0.05, 0.1) is 44.1 Å². The summed E-state index contributed by atoms with van der Waals surface area (Å²) in [4.78, 5) is 204. The van der Waals surface area contributed by atoms with Crippen molar-refractivity contribution in [3.63, 3.8) is 0 Å². The zero-order chi connectivity index (χ0) is 75.0. The zero-order valence-electron chi connectivity index (χ0n) is 54.1. The first kappa shape index (κ1) is 79.4. The van der Waals surface area contributed by atoms with Crippen LogP contribution in [0.4, 0.5) is 23.0 Å². The second-order valence-corrected chi connectivity index (χ2v) is 22.4. The fourth-order valence-electron chi connectivity index (χ4n) is 9.40. The van der Waals surface area contributed by atoms with Gasteiger partial charge in [-0.05, 0) is 111 Å². The number of benzene rings is 3. The molecule has 41 nitrogen and oxygen atoms in total. The number of nitrogens with one attached hydrogen (secondary N) is 10. The van der Waals surface area contributed by atoms with E-state index in [0.717, 1.165) is 0 Å². The predicted molar refractivity (Wildman–Crippen MR) is 352 cm³/mol. The third-order valence-corrected chi connectivity index (χ3v) is 14.6. The maximum absolute atomic E-state index is 14.3. The van der Waals surface area contributed by atoms with Crippen LogP contribution in [0.15, 0.2) is 89.2 Å². The van der Waals surface area contributed by atoms with Crippen molar-refractivity contribution in [1.82, 2.24) is 67.8 Å². The quantitative estimate of drug-likeness (QED) is 0.0113. The van der Waals surface area contributed by atoms with Gasteiger partial charge in [-0.2, -0.15) is 9.97 Å². The third-order valence-electron chi connectivity index (χ3n) is 14.6. The van der Waals surface area contributed by atoms with Crippen molar-refractivity contribution in [3.8, 4) is 5.88 Å². The number of hydrogen-bond donors (Lipinski definition) is 17. The topological polar surface area (TPSA) is 656 Å². The highest BCUT2D eigenvalue weighted by Crippen LogP contribution is 2.20. The number of carboxylic acid groups (broad SMARTS) is 5. The van der Waals surface area contributed by atoms with Gasteiger partial charge in [-0.25, -0.2) is 14.8 Å². The highest BCUT2D eigenvalue weighted by molar-refractivity contribution is 6.00. The van der Waals surface area contributed by atoms with Crippen molar-refractivity contribution in [3.05, 3.63) is 122 Å². The average molecular weight is 1420 g/mol. The van der Waals surface area contributed by atoms with Gasteiger partial charge in [0.2, 0.25) is 47.3 Å². The largest absolute Gasteiger partial charge is 0.492 e. The van der Waals surface area contributed by atoms with Crippen LogP contribution in [0.3, 0.4) is 0 Å². The molecule has 2 aromatic heterocycles. The minimum atomic E-state index is -2.23. The minimum Gasteiger partial charge on any atom is -0.492 e. The minimum absolute atomic E-state index is 0.00979. The number of carbonyl (C=O) groups excluding carboxylic acids is 9. The fraction of sp³-hybridized carbons (Fsp3) is 0.377. The molecule has 0 radical (unpaired) electrons. The molecule has 0 fully saturated rings. The lowest BCUT2D eigenvalue weighted by Gasteiger charge is -2.26. The number of fused-ring (bicyclic) bond motifs is 1. The van der Waals surface area contributed by atoms with E-state index >= 15 is 0 Å². The second-order valence-electron chi connectivity index (χ2n) is 22.4. The summed E-state index contributed by atoms with van der Waals surface area (Å²) in [5.41, 5.74) is 24.9. The van der Waals surface area contributed by atoms with Gasteiger partial charge in [0.15, 0.2) is 11.2 Å². The van der Waals surface area contributed by atoms with Gasteiger partial charge < -0.3 is 89.5 Å². The number of anilines is 2. The molecular weight excluding hydrogens is 1350 g/mol. The van der Waals surface area contributed by atoms with Crippen molar-refractivity contribution in [2.75, 3.05) is 24.1 Å². The Balaban J connectivity index is 1.24. The number of amides is 9. The molecule has 0 aliphatic heterocycles. The van der Waals surface area contributed by atoms with E-state index in [1.165, 1.54) is 66.9 Å². The summed E-state index contributed by atoms with van der Waals surface area (Å²) >= 11 is 0.